The molecule has 0 atom stereocenters. The van der Waals surface area contributed by atoms with E-state index in [9.17, 15) is 13.6 Å². The summed E-state index contributed by atoms with van der Waals surface area (Å²) < 4.78 is 33.1. The Bertz CT molecular complexity index is 669. The van der Waals surface area contributed by atoms with Crippen LogP contribution in [-0.4, -0.2) is 40.0 Å². The second kappa shape index (κ2) is 6.68. The van der Waals surface area contributed by atoms with E-state index >= 15 is 0 Å². The number of carbonyl (C=O) groups is 1. The van der Waals surface area contributed by atoms with Crippen molar-refractivity contribution in [3.8, 4) is 5.88 Å². The number of carbonyl (C=O) groups excluding carboxylic acids is 1. The van der Waals surface area contributed by atoms with Crippen LogP contribution in [0.5, 0.6) is 5.88 Å². The molecule has 2 aromatic rings. The van der Waals surface area contributed by atoms with Crippen molar-refractivity contribution in [2.75, 3.05) is 13.1 Å². The molecule has 1 aliphatic heterocycles. The van der Waals surface area contributed by atoms with Gasteiger partial charge in [0.2, 0.25) is 5.88 Å². The third-order valence-corrected chi connectivity index (χ3v) is 3.73. The first-order valence-electron chi connectivity index (χ1n) is 7.31. The Morgan fingerprint density at radius 3 is 2.48 bits per heavy atom. The molecular weight excluding hydrogens is 304 g/mol. The molecule has 0 aliphatic carbocycles. The van der Waals surface area contributed by atoms with E-state index in [1.54, 1.807) is 6.20 Å². The highest BCUT2D eigenvalue weighted by molar-refractivity contribution is 5.94. The van der Waals surface area contributed by atoms with Crippen LogP contribution in [-0.2, 0) is 0 Å². The van der Waals surface area contributed by atoms with E-state index in [0.29, 0.717) is 31.8 Å². The maximum atomic E-state index is 13.7. The van der Waals surface area contributed by atoms with Gasteiger partial charge in [0.25, 0.3) is 5.91 Å². The number of amides is 1. The van der Waals surface area contributed by atoms with Gasteiger partial charge < -0.3 is 9.64 Å². The SMILES string of the molecule is O=C(c1c(F)cccc1F)N1CCC(Oc2cnccn2)CC1. The van der Waals surface area contributed by atoms with Crippen molar-refractivity contribution in [1.82, 2.24) is 14.9 Å². The number of halogens is 2. The first-order valence-corrected chi connectivity index (χ1v) is 7.31. The molecule has 1 saturated heterocycles. The van der Waals surface area contributed by atoms with E-state index in [1.165, 1.54) is 23.4 Å². The van der Waals surface area contributed by atoms with Crippen LogP contribution in [0, 0.1) is 11.6 Å². The molecule has 1 aromatic heterocycles. The Kier molecular flexibility index (Phi) is 4.45. The molecule has 0 saturated carbocycles. The van der Waals surface area contributed by atoms with Crippen LogP contribution in [0.2, 0.25) is 0 Å². The standard InChI is InChI=1S/C16H15F2N3O2/c17-12-2-1-3-13(18)15(12)16(22)21-8-4-11(5-9-21)23-14-10-19-6-7-20-14/h1-3,6-7,10-11H,4-5,8-9H2. The van der Waals surface area contributed by atoms with Gasteiger partial charge in [0.05, 0.1) is 6.20 Å². The summed E-state index contributed by atoms with van der Waals surface area (Å²) in [6.07, 6.45) is 5.65. The minimum absolute atomic E-state index is 0.0961. The van der Waals surface area contributed by atoms with Gasteiger partial charge in [0, 0.05) is 38.3 Å². The zero-order valence-corrected chi connectivity index (χ0v) is 12.3. The molecule has 23 heavy (non-hydrogen) atoms. The molecule has 7 heteroatoms. The highest BCUT2D eigenvalue weighted by Gasteiger charge is 2.28. The second-order valence-corrected chi connectivity index (χ2v) is 5.25. The molecule has 0 radical (unpaired) electrons. The number of hydrogen-bond donors (Lipinski definition) is 0. The Morgan fingerprint density at radius 1 is 1.17 bits per heavy atom. The van der Waals surface area contributed by atoms with Crippen molar-refractivity contribution >= 4 is 5.91 Å². The summed E-state index contributed by atoms with van der Waals surface area (Å²) >= 11 is 0. The van der Waals surface area contributed by atoms with Crippen molar-refractivity contribution in [3.05, 3.63) is 54.0 Å². The molecule has 1 aromatic carbocycles. The van der Waals surface area contributed by atoms with Gasteiger partial charge in [-0.2, -0.15) is 0 Å². The average molecular weight is 319 g/mol. The van der Waals surface area contributed by atoms with Crippen LogP contribution < -0.4 is 4.74 Å². The molecule has 0 N–H and O–H groups in total. The Hall–Kier alpha value is -2.57. The largest absolute Gasteiger partial charge is 0.473 e. The fourth-order valence-electron chi connectivity index (χ4n) is 2.55. The summed E-state index contributed by atoms with van der Waals surface area (Å²) in [7, 11) is 0. The predicted molar refractivity (Wildman–Crippen MR) is 77.9 cm³/mol. The predicted octanol–water partition coefficient (Wildman–Crippen LogP) is 2.44. The Balaban J connectivity index is 1.62. The molecule has 2 heterocycles. The summed E-state index contributed by atoms with van der Waals surface area (Å²) in [4.78, 5) is 21.7. The maximum Gasteiger partial charge on any atom is 0.259 e. The highest BCUT2D eigenvalue weighted by atomic mass is 19.1. The number of rotatable bonds is 3. The molecule has 3 rings (SSSR count). The number of piperidine rings is 1. The van der Waals surface area contributed by atoms with Gasteiger partial charge in [-0.15, -0.1) is 0 Å². The van der Waals surface area contributed by atoms with Crippen molar-refractivity contribution in [2.45, 2.75) is 18.9 Å². The first kappa shape index (κ1) is 15.3. The summed E-state index contributed by atoms with van der Waals surface area (Å²) in [5.74, 6) is -1.88. The normalized spacial score (nSPS) is 15.5. The lowest BCUT2D eigenvalue weighted by molar-refractivity contribution is 0.0578. The van der Waals surface area contributed by atoms with Gasteiger partial charge in [0.15, 0.2) is 0 Å². The fourth-order valence-corrected chi connectivity index (χ4v) is 2.55. The number of aromatic nitrogens is 2. The van der Waals surface area contributed by atoms with Gasteiger partial charge in [-0.3, -0.25) is 9.78 Å². The second-order valence-electron chi connectivity index (χ2n) is 5.25. The molecule has 0 bridgehead atoms. The third kappa shape index (κ3) is 3.44. The van der Waals surface area contributed by atoms with Gasteiger partial charge in [0.1, 0.15) is 23.3 Å². The summed E-state index contributed by atoms with van der Waals surface area (Å²) in [5, 5.41) is 0. The molecule has 1 aliphatic rings. The number of ether oxygens (including phenoxy) is 1. The fraction of sp³-hybridized carbons (Fsp3) is 0.312. The molecule has 1 amide bonds. The van der Waals surface area contributed by atoms with Crippen LogP contribution in [0.3, 0.4) is 0 Å². The summed E-state index contributed by atoms with van der Waals surface area (Å²) in [6, 6.07) is 3.41. The zero-order valence-electron chi connectivity index (χ0n) is 12.3. The zero-order chi connectivity index (χ0) is 16.2. The van der Waals surface area contributed by atoms with E-state index in [1.807, 2.05) is 0 Å². The minimum atomic E-state index is -0.840. The first-order chi connectivity index (χ1) is 11.1. The average Bonchev–Trinajstić information content (AvgIpc) is 2.56. The van der Waals surface area contributed by atoms with Gasteiger partial charge >= 0.3 is 0 Å². The number of nitrogens with zero attached hydrogens (tertiary/aromatic N) is 3. The molecule has 0 spiro atoms. The van der Waals surface area contributed by atoms with Gasteiger partial charge in [-0.25, -0.2) is 13.8 Å². The van der Waals surface area contributed by atoms with Crippen LogP contribution in [0.1, 0.15) is 23.2 Å². The monoisotopic (exact) mass is 319 g/mol. The number of likely N-dealkylation sites (tertiary alicyclic amines) is 1. The number of benzene rings is 1. The quantitative estimate of drug-likeness (QED) is 0.872. The van der Waals surface area contributed by atoms with E-state index in [-0.39, 0.29) is 6.10 Å². The lowest BCUT2D eigenvalue weighted by Gasteiger charge is -2.32. The Labute approximate surface area is 131 Å². The van der Waals surface area contributed by atoms with Crippen molar-refractivity contribution in [2.24, 2.45) is 0 Å². The minimum Gasteiger partial charge on any atom is -0.473 e. The van der Waals surface area contributed by atoms with Crippen LogP contribution in [0.4, 0.5) is 8.78 Å². The lowest BCUT2D eigenvalue weighted by Crippen LogP contribution is -2.42. The van der Waals surface area contributed by atoms with E-state index in [2.05, 4.69) is 9.97 Å². The molecule has 120 valence electrons. The van der Waals surface area contributed by atoms with Crippen molar-refractivity contribution < 1.29 is 18.3 Å². The molecule has 1 fully saturated rings. The molecule has 0 unspecified atom stereocenters. The maximum absolute atomic E-state index is 13.7. The number of hydrogen-bond acceptors (Lipinski definition) is 4. The summed E-state index contributed by atoms with van der Waals surface area (Å²) in [6.45, 7) is 0.745. The topological polar surface area (TPSA) is 55.3 Å². The van der Waals surface area contributed by atoms with Crippen LogP contribution in [0.15, 0.2) is 36.8 Å². The van der Waals surface area contributed by atoms with Crippen molar-refractivity contribution in [3.63, 3.8) is 0 Å². The van der Waals surface area contributed by atoms with Gasteiger partial charge in [-0.1, -0.05) is 6.07 Å². The van der Waals surface area contributed by atoms with E-state index < -0.39 is 23.1 Å². The van der Waals surface area contributed by atoms with E-state index in [0.717, 1.165) is 12.1 Å². The van der Waals surface area contributed by atoms with Crippen LogP contribution in [0.25, 0.3) is 0 Å². The summed E-state index contributed by atoms with van der Waals surface area (Å²) in [5.41, 5.74) is -0.499. The third-order valence-electron chi connectivity index (χ3n) is 3.73. The van der Waals surface area contributed by atoms with Crippen molar-refractivity contribution in [1.29, 1.82) is 0 Å². The van der Waals surface area contributed by atoms with Gasteiger partial charge in [-0.05, 0) is 12.1 Å². The smallest absolute Gasteiger partial charge is 0.259 e. The Morgan fingerprint density at radius 2 is 1.87 bits per heavy atom. The van der Waals surface area contributed by atoms with Crippen LogP contribution >= 0.6 is 0 Å². The molecule has 5 nitrogen and oxygen atoms in total. The van der Waals surface area contributed by atoms with E-state index in [4.69, 9.17) is 4.74 Å². The highest BCUT2D eigenvalue weighted by Crippen LogP contribution is 2.20. The molecular formula is C16H15F2N3O2. The lowest BCUT2D eigenvalue weighted by atomic mass is 10.1.